The molecule has 5 N–H and O–H groups in total. The first-order valence-electron chi connectivity index (χ1n) is 21.7. The highest BCUT2D eigenvalue weighted by Gasteiger charge is 2.32. The summed E-state index contributed by atoms with van der Waals surface area (Å²) in [5.74, 6) is -4.62. The number of benzene rings is 4. The summed E-state index contributed by atoms with van der Waals surface area (Å²) in [6.07, 6.45) is 4.11. The van der Waals surface area contributed by atoms with Crippen molar-refractivity contribution in [2.24, 2.45) is 5.92 Å². The Labute approximate surface area is 377 Å². The maximum absolute atomic E-state index is 15.5. The SMILES string of the molecule is COc1cc(N2CCN(CCC3CCN(NC(=O)c4ccc(Nc5ncc(F)c(Nc6ccc(NC(=O)c7ccccc7F)cc6)n5)cc4F)CC3)CC2)c(F)cc1C1CCC(=O)NC1=O. The molecule has 0 saturated carbocycles. The summed E-state index contributed by atoms with van der Waals surface area (Å²) < 4.78 is 65.0. The van der Waals surface area contributed by atoms with Crippen molar-refractivity contribution in [2.45, 2.75) is 38.0 Å². The lowest BCUT2D eigenvalue weighted by Gasteiger charge is -2.38. The van der Waals surface area contributed by atoms with Crippen molar-refractivity contribution in [3.63, 3.8) is 0 Å². The van der Waals surface area contributed by atoms with Gasteiger partial charge in [0.15, 0.2) is 11.6 Å². The molecule has 66 heavy (non-hydrogen) atoms. The first-order valence-corrected chi connectivity index (χ1v) is 21.7. The molecule has 1 aromatic heterocycles. The molecule has 0 bridgehead atoms. The molecule has 0 aliphatic carbocycles. The second kappa shape index (κ2) is 20.4. The number of nitrogens with one attached hydrogen (secondary N) is 5. The van der Waals surface area contributed by atoms with Gasteiger partial charge in [0.25, 0.3) is 11.8 Å². The largest absolute Gasteiger partial charge is 0.496 e. The Morgan fingerprint density at radius 3 is 2.18 bits per heavy atom. The number of ether oxygens (including phenoxy) is 1. The number of aromatic nitrogens is 2. The van der Waals surface area contributed by atoms with Crippen molar-refractivity contribution in [2.75, 3.05) is 73.8 Å². The third-order valence-corrected chi connectivity index (χ3v) is 12.1. The molecule has 8 rings (SSSR count). The van der Waals surface area contributed by atoms with Crippen LogP contribution in [0.3, 0.4) is 0 Å². The highest BCUT2D eigenvalue weighted by atomic mass is 19.1. The van der Waals surface area contributed by atoms with Gasteiger partial charge in [-0.3, -0.25) is 34.8 Å². The van der Waals surface area contributed by atoms with E-state index in [1.165, 1.54) is 43.5 Å². The zero-order chi connectivity index (χ0) is 46.3. The van der Waals surface area contributed by atoms with Gasteiger partial charge in [0, 0.05) is 74.4 Å². The molecule has 3 aliphatic rings. The molecule has 0 spiro atoms. The van der Waals surface area contributed by atoms with Crippen LogP contribution in [-0.2, 0) is 9.59 Å². The maximum atomic E-state index is 15.5. The number of amides is 4. The Balaban J connectivity index is 0.765. The van der Waals surface area contributed by atoms with Crippen molar-refractivity contribution in [3.05, 3.63) is 125 Å². The van der Waals surface area contributed by atoms with Crippen molar-refractivity contribution >= 4 is 58.1 Å². The first-order chi connectivity index (χ1) is 31.9. The van der Waals surface area contributed by atoms with Crippen LogP contribution in [0, 0.1) is 29.2 Å². The average molecular weight is 909 g/mol. The van der Waals surface area contributed by atoms with Crippen LogP contribution in [0.2, 0.25) is 0 Å². The van der Waals surface area contributed by atoms with Crippen molar-refractivity contribution in [1.82, 2.24) is 30.6 Å². The molecule has 1 unspecified atom stereocenters. The van der Waals surface area contributed by atoms with Crippen LogP contribution in [-0.4, -0.2) is 96.4 Å². The van der Waals surface area contributed by atoms with Gasteiger partial charge in [-0.05, 0) is 98.8 Å². The van der Waals surface area contributed by atoms with E-state index in [1.54, 1.807) is 41.4 Å². The van der Waals surface area contributed by atoms with Gasteiger partial charge in [-0.25, -0.2) is 27.6 Å². The Hall–Kier alpha value is -7.12. The van der Waals surface area contributed by atoms with Crippen molar-refractivity contribution < 1.29 is 41.5 Å². The lowest BCUT2D eigenvalue weighted by atomic mass is 9.89. The van der Waals surface area contributed by atoms with E-state index in [0.29, 0.717) is 66.9 Å². The molecule has 0 radical (unpaired) electrons. The Morgan fingerprint density at radius 2 is 1.47 bits per heavy atom. The predicted molar refractivity (Wildman–Crippen MR) is 239 cm³/mol. The summed E-state index contributed by atoms with van der Waals surface area (Å²) in [6.45, 7) is 4.85. The van der Waals surface area contributed by atoms with E-state index in [9.17, 15) is 28.0 Å². The van der Waals surface area contributed by atoms with Gasteiger partial charge in [-0.1, -0.05) is 12.1 Å². The highest BCUT2D eigenvalue weighted by molar-refractivity contribution is 6.04. The topological polar surface area (TPSA) is 173 Å². The highest BCUT2D eigenvalue weighted by Crippen LogP contribution is 2.37. The number of imide groups is 1. The van der Waals surface area contributed by atoms with Crippen molar-refractivity contribution in [1.29, 1.82) is 0 Å². The number of anilines is 6. The molecular weight excluding hydrogens is 861 g/mol. The molecule has 3 fully saturated rings. The van der Waals surface area contributed by atoms with Gasteiger partial charge < -0.3 is 25.6 Å². The molecule has 3 saturated heterocycles. The lowest BCUT2D eigenvalue weighted by Crippen LogP contribution is -2.48. The fraction of sp³-hybridized carbons (Fsp3) is 0.319. The number of halogens is 4. The number of hydrogen-bond acceptors (Lipinski definition) is 12. The third-order valence-electron chi connectivity index (χ3n) is 12.1. The third kappa shape index (κ3) is 10.9. The summed E-state index contributed by atoms with van der Waals surface area (Å²) in [5.41, 5.74) is 4.46. The quantitative estimate of drug-likeness (QED) is 0.0580. The molecule has 1 atom stereocenters. The number of methoxy groups -OCH3 is 1. The second-order valence-electron chi connectivity index (χ2n) is 16.4. The molecule has 344 valence electrons. The predicted octanol–water partition coefficient (Wildman–Crippen LogP) is 6.87. The number of piperidine rings is 2. The molecule has 5 aromatic rings. The lowest BCUT2D eigenvalue weighted by molar-refractivity contribution is -0.134. The Morgan fingerprint density at radius 1 is 0.758 bits per heavy atom. The fourth-order valence-corrected chi connectivity index (χ4v) is 8.39. The molecule has 19 heteroatoms. The van der Waals surface area contributed by atoms with E-state index in [4.69, 9.17) is 4.74 Å². The van der Waals surface area contributed by atoms with Crippen LogP contribution in [0.1, 0.15) is 64.3 Å². The normalized spacial score (nSPS) is 17.2. The smallest absolute Gasteiger partial charge is 0.268 e. The maximum Gasteiger partial charge on any atom is 0.268 e. The number of hydrazine groups is 1. The van der Waals surface area contributed by atoms with E-state index in [1.807, 2.05) is 4.90 Å². The number of rotatable bonds is 14. The van der Waals surface area contributed by atoms with Crippen LogP contribution in [0.5, 0.6) is 5.75 Å². The number of nitrogens with zero attached hydrogens (tertiary/aromatic N) is 5. The zero-order valence-corrected chi connectivity index (χ0v) is 36.0. The van der Waals surface area contributed by atoms with Crippen LogP contribution in [0.25, 0.3) is 0 Å². The molecular formula is C47H48F4N10O5. The minimum absolute atomic E-state index is 0.0403. The van der Waals surface area contributed by atoms with Crippen LogP contribution in [0.15, 0.2) is 85.1 Å². The number of carbonyl (C=O) groups is 4. The van der Waals surface area contributed by atoms with E-state index in [-0.39, 0.29) is 40.9 Å². The summed E-state index contributed by atoms with van der Waals surface area (Å²) in [6, 6.07) is 18.8. The Bertz CT molecular complexity index is 2610. The van der Waals surface area contributed by atoms with Gasteiger partial charge in [-0.15, -0.1) is 0 Å². The van der Waals surface area contributed by atoms with Gasteiger partial charge in [-0.2, -0.15) is 4.98 Å². The van der Waals surface area contributed by atoms with E-state index >= 15 is 8.78 Å². The van der Waals surface area contributed by atoms with E-state index in [2.05, 4.69) is 41.6 Å². The standard InChI is InChI=1S/C47H48F4N10O5/c1-66-41-26-40(38(50)25-35(41)32-12-13-42(62)56-44(32)63)60-22-20-59(21-23-60)17-14-28-15-18-61(19-16-28)58-46(65)34-11-10-31(24-37(34)49)55-47-52-27-39(51)43(57-47)53-29-6-8-30(9-7-29)54-45(64)33-4-2-3-5-36(33)48/h2-11,24-28,32H,12-23H2,1H3,(H,54,64)(H,58,65)(H,56,62,63)(H2,52,53,55,57). The second-order valence-corrected chi connectivity index (χ2v) is 16.4. The molecule has 15 nitrogen and oxygen atoms in total. The van der Waals surface area contributed by atoms with E-state index < -0.39 is 46.9 Å². The van der Waals surface area contributed by atoms with Crippen molar-refractivity contribution in [3.8, 4) is 5.75 Å². The number of piperazine rings is 1. The summed E-state index contributed by atoms with van der Waals surface area (Å²) >= 11 is 0. The average Bonchev–Trinajstić information content (AvgIpc) is 3.31. The summed E-state index contributed by atoms with van der Waals surface area (Å²) in [4.78, 5) is 62.1. The molecule has 4 heterocycles. The minimum atomic E-state index is -0.777. The first kappa shape index (κ1) is 45.4. The summed E-state index contributed by atoms with van der Waals surface area (Å²) in [5, 5.41) is 12.4. The summed E-state index contributed by atoms with van der Waals surface area (Å²) in [7, 11) is 1.49. The van der Waals surface area contributed by atoms with Crippen LogP contribution < -0.4 is 36.3 Å². The van der Waals surface area contributed by atoms with Gasteiger partial charge in [0.2, 0.25) is 17.8 Å². The van der Waals surface area contributed by atoms with Gasteiger partial charge >= 0.3 is 0 Å². The van der Waals surface area contributed by atoms with Gasteiger partial charge in [0.1, 0.15) is 23.2 Å². The Kier molecular flexibility index (Phi) is 14.0. The molecule has 4 aromatic carbocycles. The number of hydrogen-bond donors (Lipinski definition) is 5. The molecule has 3 aliphatic heterocycles. The minimum Gasteiger partial charge on any atom is -0.496 e. The van der Waals surface area contributed by atoms with E-state index in [0.717, 1.165) is 51.2 Å². The number of carbonyl (C=O) groups excluding carboxylic acids is 4. The zero-order valence-electron chi connectivity index (χ0n) is 36.0. The van der Waals surface area contributed by atoms with Gasteiger partial charge in [0.05, 0.1) is 36.0 Å². The monoisotopic (exact) mass is 908 g/mol. The molecule has 4 amide bonds. The van der Waals surface area contributed by atoms with Crippen LogP contribution >= 0.6 is 0 Å². The fourth-order valence-electron chi connectivity index (χ4n) is 8.39. The van der Waals surface area contributed by atoms with Crippen LogP contribution in [0.4, 0.5) is 52.1 Å².